The van der Waals surface area contributed by atoms with Crippen molar-refractivity contribution in [3.63, 3.8) is 0 Å². The lowest BCUT2D eigenvalue weighted by Gasteiger charge is -2.23. The summed E-state index contributed by atoms with van der Waals surface area (Å²) in [6, 6.07) is 0.496. The molecule has 3 nitrogen and oxygen atoms in total. The first-order valence-corrected chi connectivity index (χ1v) is 7.90. The van der Waals surface area contributed by atoms with Gasteiger partial charge in [-0.05, 0) is 54.8 Å². The van der Waals surface area contributed by atoms with E-state index in [1.165, 1.54) is 19.3 Å². The molecule has 0 aliphatic heterocycles. The van der Waals surface area contributed by atoms with Crippen LogP contribution in [0.3, 0.4) is 0 Å². The predicted octanol–water partition coefficient (Wildman–Crippen LogP) is 2.30. The highest BCUT2D eigenvalue weighted by Gasteiger charge is 2.65. The van der Waals surface area contributed by atoms with E-state index in [1.54, 1.807) is 0 Å². The molecule has 19 heavy (non-hydrogen) atoms. The van der Waals surface area contributed by atoms with E-state index < -0.39 is 0 Å². The summed E-state index contributed by atoms with van der Waals surface area (Å²) in [7, 11) is 0. The Bertz CT molecular complexity index is 357. The van der Waals surface area contributed by atoms with E-state index in [0.717, 1.165) is 30.1 Å². The van der Waals surface area contributed by atoms with Crippen LogP contribution in [0.1, 0.15) is 52.9 Å². The maximum Gasteiger partial charge on any atom is 0.221 e. The van der Waals surface area contributed by atoms with E-state index in [9.17, 15) is 4.79 Å². The number of hydrogen-bond donors (Lipinski definition) is 2. The number of carbonyl (C=O) groups is 1. The van der Waals surface area contributed by atoms with Gasteiger partial charge < -0.3 is 11.1 Å². The Morgan fingerprint density at radius 1 is 1.26 bits per heavy atom. The van der Waals surface area contributed by atoms with Gasteiger partial charge in [0.15, 0.2) is 0 Å². The van der Waals surface area contributed by atoms with Gasteiger partial charge in [-0.15, -0.1) is 0 Å². The Kier molecular flexibility index (Phi) is 3.16. The lowest BCUT2D eigenvalue weighted by molar-refractivity contribution is -0.121. The van der Waals surface area contributed by atoms with Gasteiger partial charge in [-0.3, -0.25) is 4.79 Å². The summed E-state index contributed by atoms with van der Waals surface area (Å²) in [5, 5.41) is 3.25. The summed E-state index contributed by atoms with van der Waals surface area (Å²) >= 11 is 0. The highest BCUT2D eigenvalue weighted by Crippen LogP contribution is 2.65. The fourth-order valence-corrected chi connectivity index (χ4v) is 4.86. The highest BCUT2D eigenvalue weighted by molar-refractivity contribution is 5.77. The summed E-state index contributed by atoms with van der Waals surface area (Å²) in [5.74, 6) is 3.66. The molecule has 0 heterocycles. The summed E-state index contributed by atoms with van der Waals surface area (Å²) in [6.45, 7) is 6.52. The van der Waals surface area contributed by atoms with Gasteiger partial charge in [0.1, 0.15) is 0 Å². The van der Waals surface area contributed by atoms with Gasteiger partial charge in [0.25, 0.3) is 0 Å². The average molecular weight is 264 g/mol. The molecule has 3 N–H and O–H groups in total. The molecular formula is C16H28N2O. The van der Waals surface area contributed by atoms with Crippen molar-refractivity contribution in [1.29, 1.82) is 0 Å². The molecule has 0 radical (unpaired) electrons. The highest BCUT2D eigenvalue weighted by atomic mass is 16.1. The van der Waals surface area contributed by atoms with Crippen LogP contribution < -0.4 is 11.1 Å². The van der Waals surface area contributed by atoms with E-state index >= 15 is 0 Å². The van der Waals surface area contributed by atoms with Crippen LogP contribution in [-0.2, 0) is 4.79 Å². The molecule has 0 aromatic heterocycles. The quantitative estimate of drug-likeness (QED) is 0.818. The molecule has 3 rings (SSSR count). The molecule has 3 heteroatoms. The third kappa shape index (κ3) is 2.67. The Labute approximate surface area is 116 Å². The standard InChI is InChI=1S/C16H28N2O/c1-16(2,3)8-11(17)7-12(19)18-15-13-9-4-5-10(6-9)14(13)15/h9-11,13-15H,4-8,17H2,1-3H3,(H,18,19). The maximum absolute atomic E-state index is 12.1. The average Bonchev–Trinajstić information content (AvgIpc) is 2.67. The van der Waals surface area contributed by atoms with Crippen LogP contribution in [0.4, 0.5) is 0 Å². The van der Waals surface area contributed by atoms with Gasteiger partial charge in [-0.25, -0.2) is 0 Å². The van der Waals surface area contributed by atoms with Crippen LogP contribution in [0.5, 0.6) is 0 Å². The number of rotatable bonds is 4. The molecule has 108 valence electrons. The van der Waals surface area contributed by atoms with Crippen molar-refractivity contribution < 1.29 is 4.79 Å². The molecule has 5 unspecified atom stereocenters. The van der Waals surface area contributed by atoms with E-state index in [0.29, 0.717) is 12.5 Å². The fourth-order valence-electron chi connectivity index (χ4n) is 4.86. The van der Waals surface area contributed by atoms with Crippen LogP contribution in [0.15, 0.2) is 0 Å². The second-order valence-corrected chi connectivity index (χ2v) is 8.31. The topological polar surface area (TPSA) is 55.1 Å². The van der Waals surface area contributed by atoms with Crippen molar-refractivity contribution in [2.45, 2.75) is 65.0 Å². The van der Waals surface area contributed by atoms with Crippen LogP contribution in [0.2, 0.25) is 0 Å². The SMILES string of the molecule is CC(C)(C)CC(N)CC(=O)NC1C2C3CCC(C3)C12. The first-order valence-electron chi connectivity index (χ1n) is 7.90. The first kappa shape index (κ1) is 13.4. The van der Waals surface area contributed by atoms with E-state index in [1.807, 2.05) is 0 Å². The van der Waals surface area contributed by atoms with Crippen molar-refractivity contribution in [1.82, 2.24) is 5.32 Å². The maximum atomic E-state index is 12.1. The minimum atomic E-state index is -0.00434. The number of nitrogens with two attached hydrogens (primary N) is 1. The van der Waals surface area contributed by atoms with Gasteiger partial charge in [0.05, 0.1) is 0 Å². The monoisotopic (exact) mass is 264 g/mol. The Hall–Kier alpha value is -0.570. The van der Waals surface area contributed by atoms with Crippen molar-refractivity contribution in [3.8, 4) is 0 Å². The third-order valence-corrected chi connectivity index (χ3v) is 5.39. The zero-order valence-corrected chi connectivity index (χ0v) is 12.5. The Morgan fingerprint density at radius 2 is 1.84 bits per heavy atom. The second-order valence-electron chi connectivity index (χ2n) is 8.31. The molecule has 0 spiro atoms. The van der Waals surface area contributed by atoms with Crippen molar-refractivity contribution in [2.75, 3.05) is 0 Å². The minimum absolute atomic E-state index is 0.00434. The number of nitrogens with one attached hydrogen (secondary N) is 1. The van der Waals surface area contributed by atoms with Crippen LogP contribution in [-0.4, -0.2) is 18.0 Å². The smallest absolute Gasteiger partial charge is 0.221 e. The molecule has 3 fully saturated rings. The lowest BCUT2D eigenvalue weighted by atomic mass is 9.87. The lowest BCUT2D eigenvalue weighted by Crippen LogP contribution is -2.36. The van der Waals surface area contributed by atoms with Crippen LogP contribution >= 0.6 is 0 Å². The molecule has 3 aliphatic carbocycles. The zero-order chi connectivity index (χ0) is 13.8. The largest absolute Gasteiger partial charge is 0.353 e. The molecular weight excluding hydrogens is 236 g/mol. The molecule has 0 aromatic carbocycles. The van der Waals surface area contributed by atoms with Crippen LogP contribution in [0.25, 0.3) is 0 Å². The van der Waals surface area contributed by atoms with Crippen LogP contribution in [0, 0.1) is 29.1 Å². The van der Waals surface area contributed by atoms with Gasteiger partial charge in [-0.1, -0.05) is 20.8 Å². The summed E-state index contributed by atoms with van der Waals surface area (Å²) in [4.78, 5) is 12.1. The molecule has 1 amide bonds. The van der Waals surface area contributed by atoms with E-state index in [-0.39, 0.29) is 17.4 Å². The molecule has 2 bridgehead atoms. The third-order valence-electron chi connectivity index (χ3n) is 5.39. The molecule has 5 atom stereocenters. The Morgan fingerprint density at radius 3 is 2.37 bits per heavy atom. The fraction of sp³-hybridized carbons (Fsp3) is 0.938. The number of fused-ring (bicyclic) bond motifs is 5. The van der Waals surface area contributed by atoms with Crippen molar-refractivity contribution >= 4 is 5.91 Å². The van der Waals surface area contributed by atoms with Gasteiger partial charge in [0, 0.05) is 18.5 Å². The summed E-state index contributed by atoms with van der Waals surface area (Å²) in [5.41, 5.74) is 6.28. The number of hydrogen-bond acceptors (Lipinski definition) is 2. The molecule has 0 aromatic rings. The van der Waals surface area contributed by atoms with E-state index in [2.05, 4.69) is 26.1 Å². The van der Waals surface area contributed by atoms with Crippen molar-refractivity contribution in [2.24, 2.45) is 34.8 Å². The predicted molar refractivity (Wildman–Crippen MR) is 76.4 cm³/mol. The summed E-state index contributed by atoms with van der Waals surface area (Å²) < 4.78 is 0. The first-order chi connectivity index (χ1) is 8.85. The van der Waals surface area contributed by atoms with E-state index in [4.69, 9.17) is 5.73 Å². The molecule has 3 aliphatic rings. The minimum Gasteiger partial charge on any atom is -0.353 e. The molecule has 0 saturated heterocycles. The zero-order valence-electron chi connectivity index (χ0n) is 12.5. The van der Waals surface area contributed by atoms with Gasteiger partial charge >= 0.3 is 0 Å². The second kappa shape index (κ2) is 4.47. The number of amides is 1. The van der Waals surface area contributed by atoms with Crippen molar-refractivity contribution in [3.05, 3.63) is 0 Å². The Balaban J connectivity index is 1.43. The number of carbonyl (C=O) groups excluding carboxylic acids is 1. The normalized spacial score (nSPS) is 40.9. The summed E-state index contributed by atoms with van der Waals surface area (Å²) in [6.07, 6.45) is 5.64. The van der Waals surface area contributed by atoms with Gasteiger partial charge in [-0.2, -0.15) is 0 Å². The van der Waals surface area contributed by atoms with Gasteiger partial charge in [0.2, 0.25) is 5.91 Å². The molecule has 3 saturated carbocycles.